The second-order valence-corrected chi connectivity index (χ2v) is 9.94. The normalized spacial score (nSPS) is 22.7. The average molecular weight is 537 g/mol. The average Bonchev–Trinajstić information content (AvgIpc) is 3.57. The lowest BCUT2D eigenvalue weighted by Crippen LogP contribution is -2.52. The highest BCUT2D eigenvalue weighted by molar-refractivity contribution is 6.08. The monoisotopic (exact) mass is 536 g/mol. The van der Waals surface area contributed by atoms with Gasteiger partial charge in [0.2, 0.25) is 5.91 Å². The van der Waals surface area contributed by atoms with Crippen molar-refractivity contribution in [2.45, 2.75) is 24.9 Å². The molecule has 2 aromatic heterocycles. The molecule has 0 saturated carbocycles. The van der Waals surface area contributed by atoms with Crippen LogP contribution in [0.2, 0.25) is 0 Å². The summed E-state index contributed by atoms with van der Waals surface area (Å²) >= 11 is 0. The summed E-state index contributed by atoms with van der Waals surface area (Å²) < 4.78 is 25.9. The molecule has 0 radical (unpaired) electrons. The fraction of sp³-hybridized carbons (Fsp3) is 0.346. The number of benzene rings is 1. The number of furan rings is 1. The van der Waals surface area contributed by atoms with Crippen LogP contribution in [0.1, 0.15) is 34.5 Å². The quantitative estimate of drug-likeness (QED) is 0.398. The summed E-state index contributed by atoms with van der Waals surface area (Å²) in [6.07, 6.45) is 1.51. The maximum Gasteiger partial charge on any atom is 0.322 e. The number of carbonyl (C=O) groups excluding carboxylic acids is 4. The minimum Gasteiger partial charge on any atom is -0.494 e. The Bertz CT molecular complexity index is 1560. The Morgan fingerprint density at radius 2 is 2.10 bits per heavy atom. The van der Waals surface area contributed by atoms with E-state index in [-0.39, 0.29) is 42.0 Å². The summed E-state index contributed by atoms with van der Waals surface area (Å²) in [4.78, 5) is 58.3. The molecule has 2 saturated heterocycles. The largest absolute Gasteiger partial charge is 0.494 e. The van der Waals surface area contributed by atoms with Gasteiger partial charge in [-0.05, 0) is 36.6 Å². The molecule has 13 heteroatoms. The summed E-state index contributed by atoms with van der Waals surface area (Å²) in [6.45, 7) is 0.867. The minimum atomic E-state index is -1.77. The summed E-state index contributed by atoms with van der Waals surface area (Å²) in [7, 11) is 1.30. The molecule has 0 aliphatic carbocycles. The molecule has 202 valence electrons. The third-order valence-electron chi connectivity index (χ3n) is 7.57. The summed E-state index contributed by atoms with van der Waals surface area (Å²) in [5.74, 6) is -2.15. The van der Waals surface area contributed by atoms with Crippen molar-refractivity contribution in [3.8, 4) is 5.75 Å². The zero-order valence-corrected chi connectivity index (χ0v) is 21.0. The van der Waals surface area contributed by atoms with E-state index in [1.165, 1.54) is 24.1 Å². The zero-order valence-electron chi connectivity index (χ0n) is 21.0. The molecule has 0 spiro atoms. The van der Waals surface area contributed by atoms with Crippen LogP contribution >= 0.6 is 0 Å². The maximum atomic E-state index is 14.9. The topological polar surface area (TPSA) is 160 Å². The van der Waals surface area contributed by atoms with Gasteiger partial charge in [-0.15, -0.1) is 0 Å². The first-order valence-corrected chi connectivity index (χ1v) is 12.4. The van der Waals surface area contributed by atoms with Crippen molar-refractivity contribution in [3.05, 3.63) is 53.0 Å². The van der Waals surface area contributed by atoms with Crippen LogP contribution in [0, 0.1) is 11.7 Å². The van der Waals surface area contributed by atoms with Gasteiger partial charge in [-0.1, -0.05) is 6.07 Å². The third-order valence-corrected chi connectivity index (χ3v) is 7.57. The van der Waals surface area contributed by atoms with E-state index in [0.717, 1.165) is 12.8 Å². The van der Waals surface area contributed by atoms with Gasteiger partial charge in [0.05, 0.1) is 25.1 Å². The zero-order chi connectivity index (χ0) is 27.5. The lowest BCUT2D eigenvalue weighted by atomic mass is 9.95. The fourth-order valence-electron chi connectivity index (χ4n) is 5.54. The SMILES string of the molecule is COc1ccc2c(c1F)C(=O)N(C[C@@]1(c3cc4nc(N5CCCC(C(N)=O)C5)ccc4o3)NC(=O)NC1=O)C2. The summed E-state index contributed by atoms with van der Waals surface area (Å²) in [5, 5.41) is 4.82. The number of amides is 5. The van der Waals surface area contributed by atoms with Gasteiger partial charge in [0.1, 0.15) is 17.1 Å². The van der Waals surface area contributed by atoms with Crippen LogP contribution in [0.15, 0.2) is 34.7 Å². The predicted octanol–water partition coefficient (Wildman–Crippen LogP) is 1.37. The van der Waals surface area contributed by atoms with E-state index in [2.05, 4.69) is 15.6 Å². The Kier molecular flexibility index (Phi) is 5.66. The Morgan fingerprint density at radius 1 is 1.28 bits per heavy atom. The Labute approximate surface area is 221 Å². The number of anilines is 1. The molecular formula is C26H25FN6O6. The minimum absolute atomic E-state index is 0.0264. The van der Waals surface area contributed by atoms with Crippen molar-refractivity contribution < 1.29 is 32.7 Å². The molecule has 2 atom stereocenters. The molecule has 5 heterocycles. The number of nitrogens with zero attached hydrogens (tertiary/aromatic N) is 3. The molecule has 2 fully saturated rings. The Balaban J connectivity index is 1.34. The maximum absolute atomic E-state index is 14.9. The van der Waals surface area contributed by atoms with E-state index >= 15 is 0 Å². The van der Waals surface area contributed by atoms with Crippen molar-refractivity contribution in [2.75, 3.05) is 31.6 Å². The number of nitrogens with one attached hydrogen (secondary N) is 2. The number of imide groups is 1. The number of primary amides is 1. The van der Waals surface area contributed by atoms with Crippen LogP contribution in [0.3, 0.4) is 0 Å². The van der Waals surface area contributed by atoms with Crippen molar-refractivity contribution in [3.63, 3.8) is 0 Å². The number of rotatable bonds is 6. The van der Waals surface area contributed by atoms with Crippen molar-refractivity contribution in [2.24, 2.45) is 11.7 Å². The van der Waals surface area contributed by atoms with Crippen LogP contribution in [0.5, 0.6) is 5.75 Å². The van der Waals surface area contributed by atoms with Crippen molar-refractivity contribution >= 4 is 40.7 Å². The molecule has 5 amide bonds. The number of urea groups is 1. The number of carbonyl (C=O) groups is 4. The summed E-state index contributed by atoms with van der Waals surface area (Å²) in [5.41, 5.74) is 4.82. The van der Waals surface area contributed by atoms with E-state index < -0.39 is 29.2 Å². The molecule has 12 nitrogen and oxygen atoms in total. The highest BCUT2D eigenvalue weighted by Gasteiger charge is 2.53. The van der Waals surface area contributed by atoms with Gasteiger partial charge in [0, 0.05) is 25.7 Å². The van der Waals surface area contributed by atoms with Crippen LogP contribution in [-0.4, -0.2) is 60.4 Å². The van der Waals surface area contributed by atoms with Crippen LogP contribution in [-0.2, 0) is 21.7 Å². The number of fused-ring (bicyclic) bond motifs is 2. The first-order chi connectivity index (χ1) is 18.7. The second-order valence-electron chi connectivity index (χ2n) is 9.94. The number of hydrogen-bond donors (Lipinski definition) is 3. The van der Waals surface area contributed by atoms with Gasteiger partial charge >= 0.3 is 6.03 Å². The van der Waals surface area contributed by atoms with E-state index in [9.17, 15) is 23.6 Å². The van der Waals surface area contributed by atoms with E-state index in [0.29, 0.717) is 35.6 Å². The number of halogens is 1. The molecule has 39 heavy (non-hydrogen) atoms. The number of aromatic nitrogens is 1. The molecule has 4 N–H and O–H groups in total. The first kappa shape index (κ1) is 24.6. The number of hydrogen-bond acceptors (Lipinski definition) is 8. The lowest BCUT2D eigenvalue weighted by molar-refractivity contribution is -0.125. The van der Waals surface area contributed by atoms with Gasteiger partial charge in [-0.2, -0.15) is 0 Å². The molecule has 3 aliphatic rings. The Morgan fingerprint density at radius 3 is 2.82 bits per heavy atom. The highest BCUT2D eigenvalue weighted by atomic mass is 19.1. The molecule has 1 unspecified atom stereocenters. The van der Waals surface area contributed by atoms with Crippen LogP contribution in [0.25, 0.3) is 11.1 Å². The second kappa shape index (κ2) is 8.96. The first-order valence-electron chi connectivity index (χ1n) is 12.4. The van der Waals surface area contributed by atoms with Gasteiger partial charge in [-0.3, -0.25) is 19.7 Å². The lowest BCUT2D eigenvalue weighted by Gasteiger charge is -2.32. The number of nitrogens with two attached hydrogens (primary N) is 1. The molecule has 1 aromatic carbocycles. The number of pyridine rings is 1. The van der Waals surface area contributed by atoms with Gasteiger partial charge in [0.15, 0.2) is 22.7 Å². The number of ether oxygens (including phenoxy) is 1. The standard InChI is InChI=1S/C26H25FN6O6/c1-38-17-5-4-13-10-33(23(35)20(13)21(17)27)12-26(24(36)30-25(37)31-26)18-9-15-16(39-18)6-7-19(29-15)32-8-2-3-14(11-32)22(28)34/h4-7,9,14H,2-3,8,10-12H2,1H3,(H2,28,34)(H2,30,31,36,37)/t14?,26-/m0/s1. The van der Waals surface area contributed by atoms with Gasteiger partial charge in [0.25, 0.3) is 11.8 Å². The smallest absolute Gasteiger partial charge is 0.322 e. The number of methoxy groups -OCH3 is 1. The van der Waals surface area contributed by atoms with E-state index in [1.54, 1.807) is 18.2 Å². The van der Waals surface area contributed by atoms with Gasteiger partial charge in [-0.25, -0.2) is 14.2 Å². The third kappa shape index (κ3) is 3.92. The Hall–Kier alpha value is -4.68. The highest BCUT2D eigenvalue weighted by Crippen LogP contribution is 2.36. The van der Waals surface area contributed by atoms with Crippen molar-refractivity contribution in [1.29, 1.82) is 0 Å². The predicted molar refractivity (Wildman–Crippen MR) is 134 cm³/mol. The van der Waals surface area contributed by atoms with E-state index in [1.807, 2.05) is 4.90 Å². The van der Waals surface area contributed by atoms with Crippen LogP contribution in [0.4, 0.5) is 15.0 Å². The van der Waals surface area contributed by atoms with Crippen LogP contribution < -0.4 is 26.0 Å². The molecule has 3 aromatic rings. The fourth-order valence-corrected chi connectivity index (χ4v) is 5.54. The van der Waals surface area contributed by atoms with Gasteiger partial charge < -0.3 is 30.0 Å². The molecule has 6 rings (SSSR count). The van der Waals surface area contributed by atoms with Crippen molar-refractivity contribution in [1.82, 2.24) is 20.5 Å². The molecule has 0 bridgehead atoms. The molecule has 3 aliphatic heterocycles. The van der Waals surface area contributed by atoms with E-state index in [4.69, 9.17) is 14.9 Å². The number of piperidine rings is 1. The molecular weight excluding hydrogens is 511 g/mol. The summed E-state index contributed by atoms with van der Waals surface area (Å²) in [6, 6.07) is 7.24.